The number of hydrogen-bond donors (Lipinski definition) is 0. The summed E-state index contributed by atoms with van der Waals surface area (Å²) in [6, 6.07) is 7.95. The lowest BCUT2D eigenvalue weighted by molar-refractivity contribution is 0.112. The molecule has 0 saturated heterocycles. The van der Waals surface area contributed by atoms with Crippen LogP contribution in [0.1, 0.15) is 40.8 Å². The van der Waals surface area contributed by atoms with Crippen molar-refractivity contribution in [2.24, 2.45) is 0 Å². The van der Waals surface area contributed by atoms with Crippen LogP contribution in [0.15, 0.2) is 24.3 Å². The fraction of sp³-hybridized carbons (Fsp3) is 0.333. The lowest BCUT2D eigenvalue weighted by Crippen LogP contribution is -2.21. The highest BCUT2D eigenvalue weighted by atomic mass is 35.5. The van der Waals surface area contributed by atoms with Crippen molar-refractivity contribution >= 4 is 34.4 Å². The Bertz CT molecular complexity index is 612. The zero-order valence-corrected chi connectivity index (χ0v) is 13.3. The van der Waals surface area contributed by atoms with E-state index in [2.05, 4.69) is 16.8 Å². The Kier molecular flexibility index (Phi) is 4.78. The Balaban J connectivity index is 2.28. The van der Waals surface area contributed by atoms with Gasteiger partial charge in [-0.05, 0) is 31.0 Å². The minimum atomic E-state index is 0.143. The van der Waals surface area contributed by atoms with Crippen LogP contribution in [-0.4, -0.2) is 18.3 Å². The second-order valence-electron chi connectivity index (χ2n) is 4.62. The maximum absolute atomic E-state index is 11.0. The van der Waals surface area contributed by atoms with Gasteiger partial charge in [-0.3, -0.25) is 4.79 Å². The first-order valence-corrected chi connectivity index (χ1v) is 7.69. The van der Waals surface area contributed by atoms with Crippen LogP contribution in [0.4, 0.5) is 5.13 Å². The largest absolute Gasteiger partial charge is 0.344 e. The van der Waals surface area contributed by atoms with E-state index in [0.717, 1.165) is 34.1 Å². The van der Waals surface area contributed by atoms with Gasteiger partial charge in [-0.25, -0.2) is 4.98 Å². The highest BCUT2D eigenvalue weighted by molar-refractivity contribution is 7.17. The van der Waals surface area contributed by atoms with Gasteiger partial charge in [-0.15, -0.1) is 0 Å². The summed E-state index contributed by atoms with van der Waals surface area (Å²) < 4.78 is 0. The second kappa shape index (κ2) is 6.37. The third kappa shape index (κ3) is 3.02. The van der Waals surface area contributed by atoms with Crippen molar-refractivity contribution in [3.8, 4) is 0 Å². The molecule has 0 amide bonds. The molecule has 1 aromatic carbocycles. The number of carbonyl (C=O) groups is 1. The van der Waals surface area contributed by atoms with Crippen LogP contribution < -0.4 is 4.90 Å². The van der Waals surface area contributed by atoms with Gasteiger partial charge < -0.3 is 4.90 Å². The first-order valence-electron chi connectivity index (χ1n) is 6.50. The van der Waals surface area contributed by atoms with Crippen molar-refractivity contribution < 1.29 is 4.79 Å². The Hall–Kier alpha value is -1.39. The van der Waals surface area contributed by atoms with Crippen molar-refractivity contribution in [3.05, 3.63) is 45.4 Å². The average Bonchev–Trinajstić information content (AvgIpc) is 2.89. The van der Waals surface area contributed by atoms with Crippen molar-refractivity contribution in [1.29, 1.82) is 0 Å². The number of aromatic nitrogens is 1. The SMILES string of the molecule is CCc1nc(N(C)C(C)c2cccc(Cl)c2)sc1C=O. The topological polar surface area (TPSA) is 33.2 Å². The highest BCUT2D eigenvalue weighted by Crippen LogP contribution is 2.31. The molecule has 3 nitrogen and oxygen atoms in total. The molecule has 1 aromatic heterocycles. The summed E-state index contributed by atoms with van der Waals surface area (Å²) in [6.07, 6.45) is 1.65. The minimum absolute atomic E-state index is 0.143. The van der Waals surface area contributed by atoms with E-state index >= 15 is 0 Å². The van der Waals surface area contributed by atoms with Gasteiger partial charge in [0.1, 0.15) is 0 Å². The van der Waals surface area contributed by atoms with Gasteiger partial charge in [0, 0.05) is 12.1 Å². The summed E-state index contributed by atoms with van der Waals surface area (Å²) in [5.74, 6) is 0. The molecule has 20 heavy (non-hydrogen) atoms. The van der Waals surface area contributed by atoms with Crippen LogP contribution in [0.5, 0.6) is 0 Å². The monoisotopic (exact) mass is 308 g/mol. The summed E-state index contributed by atoms with van der Waals surface area (Å²) in [7, 11) is 1.98. The molecule has 0 radical (unpaired) electrons. The highest BCUT2D eigenvalue weighted by Gasteiger charge is 2.18. The smallest absolute Gasteiger partial charge is 0.186 e. The summed E-state index contributed by atoms with van der Waals surface area (Å²) in [5, 5.41) is 1.58. The Morgan fingerprint density at radius 3 is 2.80 bits per heavy atom. The molecule has 2 aromatic rings. The van der Waals surface area contributed by atoms with Crippen LogP contribution in [0.3, 0.4) is 0 Å². The van der Waals surface area contributed by atoms with E-state index in [0.29, 0.717) is 4.88 Å². The molecular formula is C15H17ClN2OS. The fourth-order valence-corrected chi connectivity index (χ4v) is 3.21. The number of carbonyl (C=O) groups excluding carboxylic acids is 1. The van der Waals surface area contributed by atoms with E-state index in [1.807, 2.05) is 38.2 Å². The lowest BCUT2D eigenvalue weighted by Gasteiger charge is -2.24. The number of nitrogens with zero attached hydrogens (tertiary/aromatic N) is 2. The molecule has 2 rings (SSSR count). The van der Waals surface area contributed by atoms with E-state index in [1.165, 1.54) is 11.3 Å². The van der Waals surface area contributed by atoms with Gasteiger partial charge >= 0.3 is 0 Å². The van der Waals surface area contributed by atoms with Crippen LogP contribution in [0.2, 0.25) is 5.02 Å². The molecule has 0 aliphatic heterocycles. The van der Waals surface area contributed by atoms with Crippen molar-refractivity contribution in [2.45, 2.75) is 26.3 Å². The summed E-state index contributed by atoms with van der Waals surface area (Å²) in [6.45, 7) is 4.10. The Morgan fingerprint density at radius 1 is 1.50 bits per heavy atom. The van der Waals surface area contributed by atoms with Gasteiger partial charge in [-0.2, -0.15) is 0 Å². The first-order chi connectivity index (χ1) is 9.56. The Morgan fingerprint density at radius 2 is 2.25 bits per heavy atom. The number of thiazole rings is 1. The predicted octanol–water partition coefficient (Wildman–Crippen LogP) is 4.37. The number of rotatable bonds is 5. The summed E-state index contributed by atoms with van der Waals surface area (Å²) >= 11 is 7.47. The molecule has 0 aliphatic rings. The quantitative estimate of drug-likeness (QED) is 0.769. The number of anilines is 1. The number of benzene rings is 1. The van der Waals surface area contributed by atoms with Gasteiger partial charge in [0.15, 0.2) is 11.4 Å². The summed E-state index contributed by atoms with van der Waals surface area (Å²) in [4.78, 5) is 18.4. The average molecular weight is 309 g/mol. The molecule has 5 heteroatoms. The van der Waals surface area contributed by atoms with Crippen molar-refractivity contribution in [2.75, 3.05) is 11.9 Å². The molecule has 1 heterocycles. The predicted molar refractivity (Wildman–Crippen MR) is 85.1 cm³/mol. The molecular weight excluding hydrogens is 292 g/mol. The first kappa shape index (κ1) is 15.0. The normalized spacial score (nSPS) is 12.2. The van der Waals surface area contributed by atoms with Gasteiger partial charge in [-0.1, -0.05) is 42.0 Å². The van der Waals surface area contributed by atoms with Gasteiger partial charge in [0.2, 0.25) is 0 Å². The van der Waals surface area contributed by atoms with E-state index in [-0.39, 0.29) is 6.04 Å². The van der Waals surface area contributed by atoms with Crippen LogP contribution in [0.25, 0.3) is 0 Å². The zero-order chi connectivity index (χ0) is 14.7. The van der Waals surface area contributed by atoms with Crippen LogP contribution in [-0.2, 0) is 6.42 Å². The number of aldehydes is 1. The molecule has 106 valence electrons. The van der Waals surface area contributed by atoms with Gasteiger partial charge in [0.25, 0.3) is 0 Å². The maximum atomic E-state index is 11.0. The van der Waals surface area contributed by atoms with E-state index in [1.54, 1.807) is 0 Å². The molecule has 1 atom stereocenters. The third-order valence-electron chi connectivity index (χ3n) is 3.37. The van der Waals surface area contributed by atoms with Gasteiger partial charge in [0.05, 0.1) is 16.6 Å². The van der Waals surface area contributed by atoms with E-state index < -0.39 is 0 Å². The van der Waals surface area contributed by atoms with E-state index in [4.69, 9.17) is 11.6 Å². The van der Waals surface area contributed by atoms with Crippen molar-refractivity contribution in [1.82, 2.24) is 4.98 Å². The standard InChI is InChI=1S/C15H17ClN2OS/c1-4-13-14(9-19)20-15(17-13)18(3)10(2)11-6-5-7-12(16)8-11/h5-10H,4H2,1-3H3. The van der Waals surface area contributed by atoms with Crippen LogP contribution in [0, 0.1) is 0 Å². The molecule has 0 spiro atoms. The fourth-order valence-electron chi connectivity index (χ4n) is 2.00. The van der Waals surface area contributed by atoms with Crippen molar-refractivity contribution in [3.63, 3.8) is 0 Å². The molecule has 0 fully saturated rings. The minimum Gasteiger partial charge on any atom is -0.344 e. The van der Waals surface area contributed by atoms with E-state index in [9.17, 15) is 4.79 Å². The molecule has 0 saturated carbocycles. The lowest BCUT2D eigenvalue weighted by atomic mass is 10.1. The molecule has 0 bridgehead atoms. The molecule has 1 unspecified atom stereocenters. The second-order valence-corrected chi connectivity index (χ2v) is 6.07. The molecule has 0 aliphatic carbocycles. The maximum Gasteiger partial charge on any atom is 0.186 e. The number of aryl methyl sites for hydroxylation is 1. The zero-order valence-electron chi connectivity index (χ0n) is 11.8. The number of hydrogen-bond acceptors (Lipinski definition) is 4. The Labute approximate surface area is 128 Å². The third-order valence-corrected chi connectivity index (χ3v) is 4.72. The van der Waals surface area contributed by atoms with Crippen LogP contribution >= 0.6 is 22.9 Å². The number of halogens is 1. The molecule has 0 N–H and O–H groups in total. The summed E-state index contributed by atoms with van der Waals surface area (Å²) in [5.41, 5.74) is 1.99.